The van der Waals surface area contributed by atoms with Crippen molar-refractivity contribution in [3.05, 3.63) is 0 Å². The highest BCUT2D eigenvalue weighted by Gasteiger charge is 2.27. The maximum absolute atomic E-state index is 10.6. The minimum absolute atomic E-state index is 0.0301. The Hall–Kier alpha value is -0.570. The quantitative estimate of drug-likeness (QED) is 0.504. The molecule has 52 valence electrons. The summed E-state index contributed by atoms with van der Waals surface area (Å²) < 4.78 is 0. The number of carbonyl (C=O) groups excluding carboxylic acids is 1. The normalized spacial score (nSPS) is 34.8. The third-order valence-corrected chi connectivity index (χ3v) is 1.93. The second-order valence-electron chi connectivity index (χ2n) is 2.60. The summed E-state index contributed by atoms with van der Waals surface area (Å²) in [5, 5.41) is 0. The zero-order valence-electron chi connectivity index (χ0n) is 5.34. The van der Waals surface area contributed by atoms with Gasteiger partial charge in [0.25, 0.3) is 0 Å². The van der Waals surface area contributed by atoms with Crippen LogP contribution >= 0.6 is 0 Å². The highest BCUT2D eigenvalue weighted by Crippen LogP contribution is 2.22. The molecule has 1 aliphatic rings. The van der Waals surface area contributed by atoms with Gasteiger partial charge in [-0.3, -0.25) is 4.79 Å². The number of hydrogen-bond acceptors (Lipinski definition) is 2. The maximum atomic E-state index is 10.6. The molecule has 0 saturated heterocycles. The van der Waals surface area contributed by atoms with Crippen LogP contribution in [-0.2, 0) is 4.79 Å². The van der Waals surface area contributed by atoms with Gasteiger partial charge in [-0.2, -0.15) is 0 Å². The molecule has 1 fully saturated rings. The smallest absolute Gasteiger partial charge is 0.222 e. The van der Waals surface area contributed by atoms with Gasteiger partial charge < -0.3 is 11.5 Å². The average Bonchev–Trinajstić information content (AvgIpc) is 2.13. The van der Waals surface area contributed by atoms with Crippen LogP contribution < -0.4 is 11.5 Å². The summed E-state index contributed by atoms with van der Waals surface area (Å²) in [5.41, 5.74) is 10.6. The highest BCUT2D eigenvalue weighted by molar-refractivity contribution is 5.77. The van der Waals surface area contributed by atoms with Gasteiger partial charge in [0.2, 0.25) is 5.91 Å². The average molecular weight is 128 g/mol. The summed E-state index contributed by atoms with van der Waals surface area (Å²) in [6.45, 7) is 0. The van der Waals surface area contributed by atoms with E-state index in [9.17, 15) is 4.79 Å². The van der Waals surface area contributed by atoms with Gasteiger partial charge >= 0.3 is 0 Å². The van der Waals surface area contributed by atoms with Crippen molar-refractivity contribution in [2.45, 2.75) is 25.3 Å². The SMILES string of the molecule is NC(=O)C1CCC[C@@H]1N. The van der Waals surface area contributed by atoms with E-state index in [-0.39, 0.29) is 17.9 Å². The molecule has 0 bridgehead atoms. The Morgan fingerprint density at radius 3 is 2.33 bits per heavy atom. The van der Waals surface area contributed by atoms with E-state index in [0.717, 1.165) is 19.3 Å². The molecule has 1 saturated carbocycles. The summed E-state index contributed by atoms with van der Waals surface area (Å²) in [6, 6.07) is 0.0301. The van der Waals surface area contributed by atoms with Crippen molar-refractivity contribution in [2.24, 2.45) is 17.4 Å². The molecule has 0 aromatic heterocycles. The fourth-order valence-electron chi connectivity index (χ4n) is 1.34. The third-order valence-electron chi connectivity index (χ3n) is 1.93. The predicted octanol–water partition coefficient (Wildman–Crippen LogP) is -0.401. The van der Waals surface area contributed by atoms with Crippen molar-refractivity contribution in [2.75, 3.05) is 0 Å². The van der Waals surface area contributed by atoms with Crippen LogP contribution in [0.5, 0.6) is 0 Å². The number of nitrogens with two attached hydrogens (primary N) is 2. The second-order valence-corrected chi connectivity index (χ2v) is 2.60. The molecule has 0 aromatic rings. The van der Waals surface area contributed by atoms with Gasteiger partial charge in [-0.25, -0.2) is 0 Å². The van der Waals surface area contributed by atoms with Gasteiger partial charge in [0.15, 0.2) is 0 Å². The minimum Gasteiger partial charge on any atom is -0.369 e. The molecule has 9 heavy (non-hydrogen) atoms. The lowest BCUT2D eigenvalue weighted by Gasteiger charge is -2.08. The van der Waals surface area contributed by atoms with Gasteiger partial charge in [0.1, 0.15) is 0 Å². The highest BCUT2D eigenvalue weighted by atomic mass is 16.1. The molecule has 0 aromatic carbocycles. The van der Waals surface area contributed by atoms with Crippen LogP contribution in [0.15, 0.2) is 0 Å². The van der Waals surface area contributed by atoms with Gasteiger partial charge in [-0.15, -0.1) is 0 Å². The summed E-state index contributed by atoms with van der Waals surface area (Å²) in [5.74, 6) is -0.287. The van der Waals surface area contributed by atoms with E-state index in [1.165, 1.54) is 0 Å². The molecule has 0 aliphatic heterocycles. The topological polar surface area (TPSA) is 69.1 Å². The van der Waals surface area contributed by atoms with Crippen molar-refractivity contribution in [1.29, 1.82) is 0 Å². The van der Waals surface area contributed by atoms with Crippen LogP contribution in [0.4, 0.5) is 0 Å². The third kappa shape index (κ3) is 1.21. The second kappa shape index (κ2) is 2.35. The fraction of sp³-hybridized carbons (Fsp3) is 0.833. The lowest BCUT2D eigenvalue weighted by molar-refractivity contribution is -0.121. The summed E-state index contributed by atoms with van der Waals surface area (Å²) in [7, 11) is 0. The Kier molecular flexibility index (Phi) is 1.71. The number of rotatable bonds is 1. The number of hydrogen-bond donors (Lipinski definition) is 2. The van der Waals surface area contributed by atoms with Crippen LogP contribution in [-0.4, -0.2) is 11.9 Å². The zero-order chi connectivity index (χ0) is 6.85. The molecule has 0 radical (unpaired) electrons. The zero-order valence-corrected chi connectivity index (χ0v) is 5.34. The first-order valence-electron chi connectivity index (χ1n) is 3.26. The minimum atomic E-state index is -0.236. The Morgan fingerprint density at radius 2 is 2.11 bits per heavy atom. The van der Waals surface area contributed by atoms with Crippen molar-refractivity contribution >= 4 is 5.91 Å². The van der Waals surface area contributed by atoms with Crippen molar-refractivity contribution in [3.8, 4) is 0 Å². The van der Waals surface area contributed by atoms with Crippen LogP contribution in [0.2, 0.25) is 0 Å². The molecular formula is C6H12N2O. The fourth-order valence-corrected chi connectivity index (χ4v) is 1.34. The van der Waals surface area contributed by atoms with Gasteiger partial charge in [-0.1, -0.05) is 6.42 Å². The first kappa shape index (κ1) is 6.55. The maximum Gasteiger partial charge on any atom is 0.222 e. The predicted molar refractivity (Wildman–Crippen MR) is 34.5 cm³/mol. The van der Waals surface area contributed by atoms with E-state index in [2.05, 4.69) is 0 Å². The Morgan fingerprint density at radius 1 is 1.44 bits per heavy atom. The number of primary amides is 1. The van der Waals surface area contributed by atoms with Crippen LogP contribution in [0.25, 0.3) is 0 Å². The summed E-state index contributed by atoms with van der Waals surface area (Å²) in [4.78, 5) is 10.6. The Bertz CT molecular complexity index is 124. The summed E-state index contributed by atoms with van der Waals surface area (Å²) in [6.07, 6.45) is 2.89. The van der Waals surface area contributed by atoms with E-state index >= 15 is 0 Å². The monoisotopic (exact) mass is 128 g/mol. The van der Waals surface area contributed by atoms with Gasteiger partial charge in [0, 0.05) is 6.04 Å². The molecule has 1 unspecified atom stereocenters. The molecule has 1 amide bonds. The molecule has 1 aliphatic carbocycles. The van der Waals surface area contributed by atoms with Crippen molar-refractivity contribution in [3.63, 3.8) is 0 Å². The van der Waals surface area contributed by atoms with E-state index < -0.39 is 0 Å². The lowest BCUT2D eigenvalue weighted by Crippen LogP contribution is -2.34. The first-order chi connectivity index (χ1) is 4.22. The Labute approximate surface area is 54.4 Å². The molecule has 0 spiro atoms. The molecule has 4 N–H and O–H groups in total. The van der Waals surface area contributed by atoms with Crippen molar-refractivity contribution in [1.82, 2.24) is 0 Å². The van der Waals surface area contributed by atoms with Crippen LogP contribution in [0, 0.1) is 5.92 Å². The van der Waals surface area contributed by atoms with Gasteiger partial charge in [0.05, 0.1) is 5.92 Å². The van der Waals surface area contributed by atoms with Gasteiger partial charge in [-0.05, 0) is 12.8 Å². The summed E-state index contributed by atoms with van der Waals surface area (Å²) >= 11 is 0. The molecule has 3 nitrogen and oxygen atoms in total. The molecule has 3 heteroatoms. The van der Waals surface area contributed by atoms with E-state index in [4.69, 9.17) is 11.5 Å². The van der Waals surface area contributed by atoms with E-state index in [1.54, 1.807) is 0 Å². The number of carbonyl (C=O) groups is 1. The lowest BCUT2D eigenvalue weighted by atomic mass is 10.0. The standard InChI is InChI=1S/C6H12N2O/c7-5-3-1-2-4(5)6(8)9/h4-5H,1-3,7H2,(H2,8,9)/t4?,5-/m0/s1. The number of amides is 1. The van der Waals surface area contributed by atoms with E-state index in [0.29, 0.717) is 0 Å². The first-order valence-corrected chi connectivity index (χ1v) is 3.26. The van der Waals surface area contributed by atoms with E-state index in [1.807, 2.05) is 0 Å². The van der Waals surface area contributed by atoms with Crippen LogP contribution in [0.1, 0.15) is 19.3 Å². The largest absolute Gasteiger partial charge is 0.369 e. The molecular weight excluding hydrogens is 116 g/mol. The molecule has 1 rings (SSSR count). The van der Waals surface area contributed by atoms with Crippen molar-refractivity contribution < 1.29 is 4.79 Å². The Balaban J connectivity index is 2.49. The van der Waals surface area contributed by atoms with Crippen LogP contribution in [0.3, 0.4) is 0 Å². The molecule has 0 heterocycles. The molecule has 2 atom stereocenters.